The van der Waals surface area contributed by atoms with E-state index in [0.717, 1.165) is 11.8 Å². The number of aryl methyl sites for hydroxylation is 1. The molecule has 0 amide bonds. The van der Waals surface area contributed by atoms with Crippen molar-refractivity contribution in [2.45, 2.75) is 13.5 Å². The molecule has 4 rings (SSSR count). The SMILES string of the molecule is Cc1ccc2oc3c(OC(F)F)ccc(-c4nc(C(=O)O)co4)c3c2c1. The van der Waals surface area contributed by atoms with E-state index in [-0.39, 0.29) is 22.9 Å². The van der Waals surface area contributed by atoms with E-state index < -0.39 is 12.6 Å². The number of hydrogen-bond acceptors (Lipinski definition) is 5. The van der Waals surface area contributed by atoms with Gasteiger partial charge < -0.3 is 18.7 Å². The van der Waals surface area contributed by atoms with Crippen molar-refractivity contribution >= 4 is 27.9 Å². The number of carbonyl (C=O) groups is 1. The molecule has 0 saturated heterocycles. The van der Waals surface area contributed by atoms with Gasteiger partial charge in [0.25, 0.3) is 0 Å². The molecule has 4 aromatic rings. The van der Waals surface area contributed by atoms with Crippen molar-refractivity contribution < 1.29 is 32.3 Å². The summed E-state index contributed by atoms with van der Waals surface area (Å²) in [7, 11) is 0. The molecule has 0 atom stereocenters. The van der Waals surface area contributed by atoms with Crippen molar-refractivity contribution in [1.82, 2.24) is 4.98 Å². The van der Waals surface area contributed by atoms with Crippen molar-refractivity contribution in [3.63, 3.8) is 0 Å². The fourth-order valence-corrected chi connectivity index (χ4v) is 2.83. The van der Waals surface area contributed by atoms with Crippen LogP contribution < -0.4 is 4.74 Å². The first-order valence-electron chi connectivity index (χ1n) is 7.54. The Morgan fingerprint density at radius 2 is 2.08 bits per heavy atom. The van der Waals surface area contributed by atoms with Crippen LogP contribution in [-0.4, -0.2) is 22.7 Å². The van der Waals surface area contributed by atoms with Gasteiger partial charge in [0.15, 0.2) is 17.0 Å². The molecule has 0 bridgehead atoms. The van der Waals surface area contributed by atoms with E-state index >= 15 is 0 Å². The monoisotopic (exact) mass is 359 g/mol. The smallest absolute Gasteiger partial charge is 0.387 e. The van der Waals surface area contributed by atoms with Crippen LogP contribution in [0.15, 0.2) is 45.4 Å². The highest BCUT2D eigenvalue weighted by Gasteiger charge is 2.22. The van der Waals surface area contributed by atoms with E-state index in [9.17, 15) is 13.6 Å². The van der Waals surface area contributed by atoms with E-state index in [4.69, 9.17) is 13.9 Å². The summed E-state index contributed by atoms with van der Waals surface area (Å²) in [6.07, 6.45) is 1.01. The summed E-state index contributed by atoms with van der Waals surface area (Å²) in [5.74, 6) is -1.32. The molecule has 0 spiro atoms. The van der Waals surface area contributed by atoms with Crippen LogP contribution in [0.1, 0.15) is 16.1 Å². The molecule has 26 heavy (non-hydrogen) atoms. The number of carboxylic acids is 1. The molecule has 132 valence electrons. The Bertz CT molecular complexity index is 1150. The van der Waals surface area contributed by atoms with Crippen molar-refractivity contribution in [2.24, 2.45) is 0 Å². The first-order valence-corrected chi connectivity index (χ1v) is 7.54. The molecule has 0 aliphatic heterocycles. The molecule has 0 unspecified atom stereocenters. The minimum Gasteiger partial charge on any atom is -0.476 e. The first kappa shape index (κ1) is 16.1. The number of ether oxygens (including phenoxy) is 1. The summed E-state index contributed by atoms with van der Waals surface area (Å²) in [6.45, 7) is -1.13. The second kappa shape index (κ2) is 5.83. The molecule has 0 radical (unpaired) electrons. The lowest BCUT2D eigenvalue weighted by molar-refractivity contribution is -0.0493. The number of halogens is 2. The third-order valence-electron chi connectivity index (χ3n) is 3.91. The third-order valence-corrected chi connectivity index (χ3v) is 3.91. The number of fused-ring (bicyclic) bond motifs is 3. The van der Waals surface area contributed by atoms with Gasteiger partial charge in [-0.3, -0.25) is 0 Å². The maximum atomic E-state index is 12.7. The summed E-state index contributed by atoms with van der Waals surface area (Å²) in [5.41, 5.74) is 1.68. The standard InChI is InChI=1S/C18H11F2NO5/c1-8-2-4-12-10(6-8)14-9(16-21-11(7-24-16)17(22)23)3-5-13(15(14)25-12)26-18(19)20/h2-7,18H,1H3,(H,22,23). The van der Waals surface area contributed by atoms with Crippen molar-refractivity contribution in [3.8, 4) is 17.2 Å². The lowest BCUT2D eigenvalue weighted by atomic mass is 10.0. The van der Waals surface area contributed by atoms with Crippen LogP contribution in [0.2, 0.25) is 0 Å². The number of aromatic carboxylic acids is 1. The van der Waals surface area contributed by atoms with Crippen LogP contribution in [0, 0.1) is 6.92 Å². The lowest BCUT2D eigenvalue weighted by Crippen LogP contribution is -2.02. The highest BCUT2D eigenvalue weighted by atomic mass is 19.3. The Hall–Kier alpha value is -3.42. The van der Waals surface area contributed by atoms with Gasteiger partial charge in [0.1, 0.15) is 11.8 Å². The van der Waals surface area contributed by atoms with Gasteiger partial charge in [0.2, 0.25) is 5.89 Å². The Morgan fingerprint density at radius 1 is 1.27 bits per heavy atom. The highest BCUT2D eigenvalue weighted by molar-refractivity contribution is 6.13. The quantitative estimate of drug-likeness (QED) is 0.561. The van der Waals surface area contributed by atoms with E-state index in [1.54, 1.807) is 6.07 Å². The largest absolute Gasteiger partial charge is 0.476 e. The summed E-state index contributed by atoms with van der Waals surface area (Å²) in [6, 6.07) is 8.17. The molecular formula is C18H11F2NO5. The van der Waals surface area contributed by atoms with Gasteiger partial charge in [-0.25, -0.2) is 9.78 Å². The molecule has 2 aromatic carbocycles. The molecular weight excluding hydrogens is 348 g/mol. The number of nitrogens with zero attached hydrogens (tertiary/aromatic N) is 1. The topological polar surface area (TPSA) is 85.7 Å². The lowest BCUT2D eigenvalue weighted by Gasteiger charge is -2.06. The van der Waals surface area contributed by atoms with Crippen LogP contribution >= 0.6 is 0 Å². The Kier molecular flexibility index (Phi) is 3.61. The molecule has 2 aromatic heterocycles. The van der Waals surface area contributed by atoms with E-state index in [2.05, 4.69) is 9.72 Å². The van der Waals surface area contributed by atoms with Gasteiger partial charge in [-0.05, 0) is 31.2 Å². The average molecular weight is 359 g/mol. The van der Waals surface area contributed by atoms with Crippen molar-refractivity contribution in [1.29, 1.82) is 0 Å². The first-order chi connectivity index (χ1) is 12.4. The van der Waals surface area contributed by atoms with Gasteiger partial charge in [-0.2, -0.15) is 8.78 Å². The fraction of sp³-hybridized carbons (Fsp3) is 0.111. The van der Waals surface area contributed by atoms with Crippen molar-refractivity contribution in [2.75, 3.05) is 0 Å². The Balaban J connectivity index is 2.04. The molecule has 0 aliphatic rings. The number of furan rings is 1. The number of hydrogen-bond donors (Lipinski definition) is 1. The summed E-state index contributed by atoms with van der Waals surface area (Å²) in [4.78, 5) is 15.0. The van der Waals surface area contributed by atoms with Crippen LogP contribution in [0.5, 0.6) is 5.75 Å². The normalized spacial score (nSPS) is 11.5. The molecule has 1 N–H and O–H groups in total. The summed E-state index contributed by atoms with van der Waals surface area (Å²) in [5, 5.41) is 10.1. The summed E-state index contributed by atoms with van der Waals surface area (Å²) < 4.78 is 41.0. The Labute approximate surface area is 144 Å². The average Bonchev–Trinajstić information content (AvgIpc) is 3.20. The van der Waals surface area contributed by atoms with Gasteiger partial charge in [-0.15, -0.1) is 0 Å². The number of rotatable bonds is 4. The zero-order valence-corrected chi connectivity index (χ0v) is 13.3. The maximum Gasteiger partial charge on any atom is 0.387 e. The molecule has 0 aliphatic carbocycles. The van der Waals surface area contributed by atoms with E-state index in [0.29, 0.717) is 21.9 Å². The number of oxazole rings is 1. The number of benzene rings is 2. The number of alkyl halides is 2. The van der Waals surface area contributed by atoms with Crippen molar-refractivity contribution in [3.05, 3.63) is 47.9 Å². The molecule has 0 fully saturated rings. The van der Waals surface area contributed by atoms with Crippen LogP contribution in [0.4, 0.5) is 8.78 Å². The number of aromatic nitrogens is 1. The maximum absolute atomic E-state index is 12.7. The van der Waals surface area contributed by atoms with Gasteiger partial charge in [0, 0.05) is 16.3 Å². The van der Waals surface area contributed by atoms with Crippen LogP contribution in [-0.2, 0) is 0 Å². The fourth-order valence-electron chi connectivity index (χ4n) is 2.83. The molecule has 6 nitrogen and oxygen atoms in total. The van der Waals surface area contributed by atoms with Gasteiger partial charge in [-0.1, -0.05) is 11.6 Å². The minimum atomic E-state index is -3.01. The second-order valence-corrected chi connectivity index (χ2v) is 5.64. The predicted molar refractivity (Wildman–Crippen MR) is 87.5 cm³/mol. The minimum absolute atomic E-state index is 0.0419. The Morgan fingerprint density at radius 3 is 2.77 bits per heavy atom. The molecule has 0 saturated carbocycles. The highest BCUT2D eigenvalue weighted by Crippen LogP contribution is 2.41. The predicted octanol–water partition coefficient (Wildman–Crippen LogP) is 4.85. The van der Waals surface area contributed by atoms with Gasteiger partial charge in [0.05, 0.1) is 0 Å². The van der Waals surface area contributed by atoms with Crippen LogP contribution in [0.3, 0.4) is 0 Å². The zero-order chi connectivity index (χ0) is 18.4. The van der Waals surface area contributed by atoms with Crippen LogP contribution in [0.25, 0.3) is 33.4 Å². The van der Waals surface area contributed by atoms with Gasteiger partial charge >= 0.3 is 12.6 Å². The number of carboxylic acid groups (broad SMARTS) is 1. The molecule has 2 heterocycles. The molecule has 8 heteroatoms. The summed E-state index contributed by atoms with van der Waals surface area (Å²) >= 11 is 0. The zero-order valence-electron chi connectivity index (χ0n) is 13.3. The third kappa shape index (κ3) is 2.55. The second-order valence-electron chi connectivity index (χ2n) is 5.64. The van der Waals surface area contributed by atoms with E-state index in [1.807, 2.05) is 19.1 Å². The van der Waals surface area contributed by atoms with E-state index in [1.165, 1.54) is 12.1 Å².